The number of hydrogen-bond donors (Lipinski definition) is 3. The number of aliphatic carboxylic acids is 1. The monoisotopic (exact) mass is 362 g/mol. The molecule has 0 unspecified atom stereocenters. The van der Waals surface area contributed by atoms with Crippen molar-refractivity contribution in [1.29, 1.82) is 0 Å². The van der Waals surface area contributed by atoms with Crippen LogP contribution in [0.4, 0.5) is 11.4 Å². The molecule has 26 heavy (non-hydrogen) atoms. The van der Waals surface area contributed by atoms with Gasteiger partial charge >= 0.3 is 5.97 Å². The van der Waals surface area contributed by atoms with Crippen LogP contribution in [-0.2, 0) is 14.4 Å². The molecule has 2 amide bonds. The third-order valence-electron chi connectivity index (χ3n) is 4.76. The summed E-state index contributed by atoms with van der Waals surface area (Å²) in [4.78, 5) is 36.1. The molecule has 0 bridgehead atoms. The van der Waals surface area contributed by atoms with Gasteiger partial charge in [0.05, 0.1) is 5.41 Å². The second-order valence-electron chi connectivity index (χ2n) is 7.75. The fourth-order valence-electron chi connectivity index (χ4n) is 2.53. The van der Waals surface area contributed by atoms with Gasteiger partial charge in [0.1, 0.15) is 0 Å². The lowest BCUT2D eigenvalue weighted by Gasteiger charge is -2.26. The lowest BCUT2D eigenvalue weighted by atomic mass is 9.79. The van der Waals surface area contributed by atoms with Gasteiger partial charge in [-0.15, -0.1) is 0 Å². The van der Waals surface area contributed by atoms with Gasteiger partial charge in [0, 0.05) is 23.2 Å². The molecule has 3 N–H and O–H groups in total. The lowest BCUT2D eigenvalue weighted by molar-refractivity contribution is -0.151. The average molecular weight is 362 g/mol. The van der Waals surface area contributed by atoms with Crippen molar-refractivity contribution in [3.63, 3.8) is 0 Å². The molecule has 0 aliphatic heterocycles. The third-order valence-corrected chi connectivity index (χ3v) is 4.76. The molecule has 0 spiro atoms. The summed E-state index contributed by atoms with van der Waals surface area (Å²) in [6, 6.07) is 5.23. The molecule has 0 atom stereocenters. The maximum atomic E-state index is 12.4. The zero-order valence-electron chi connectivity index (χ0n) is 16.5. The molecule has 6 nitrogen and oxygen atoms in total. The van der Waals surface area contributed by atoms with Gasteiger partial charge in [-0.25, -0.2) is 0 Å². The first-order valence-electron chi connectivity index (χ1n) is 8.90. The summed E-state index contributed by atoms with van der Waals surface area (Å²) < 4.78 is 0. The minimum atomic E-state index is -1.06. The van der Waals surface area contributed by atoms with Crippen LogP contribution in [0.2, 0.25) is 0 Å². The average Bonchev–Trinajstić information content (AvgIpc) is 2.54. The predicted molar refractivity (Wildman–Crippen MR) is 103 cm³/mol. The van der Waals surface area contributed by atoms with Crippen molar-refractivity contribution >= 4 is 29.2 Å². The zero-order chi connectivity index (χ0) is 20.1. The molecule has 0 aromatic heterocycles. The van der Waals surface area contributed by atoms with Gasteiger partial charge in [0.25, 0.3) is 0 Å². The van der Waals surface area contributed by atoms with E-state index in [0.717, 1.165) is 5.56 Å². The largest absolute Gasteiger partial charge is 0.481 e. The number of anilines is 2. The summed E-state index contributed by atoms with van der Waals surface area (Å²) in [7, 11) is 0. The summed E-state index contributed by atoms with van der Waals surface area (Å²) in [5.74, 6) is -1.43. The topological polar surface area (TPSA) is 95.5 Å². The molecular formula is C20H30N2O4. The molecule has 1 aromatic rings. The Morgan fingerprint density at radius 2 is 1.62 bits per heavy atom. The maximum absolute atomic E-state index is 12.4. The van der Waals surface area contributed by atoms with E-state index < -0.39 is 16.8 Å². The van der Waals surface area contributed by atoms with E-state index in [1.54, 1.807) is 32.0 Å². The minimum absolute atomic E-state index is 0.0904. The molecule has 144 valence electrons. The fraction of sp³-hybridized carbons (Fsp3) is 0.550. The van der Waals surface area contributed by atoms with E-state index in [4.69, 9.17) is 0 Å². The van der Waals surface area contributed by atoms with Gasteiger partial charge in [-0.05, 0) is 37.5 Å². The standard InChI is InChI=1S/C20H30N2O4/c1-7-20(8-2,18(25)26)12-16(23)21-14-10-9-13(3)15(11-14)22-17(24)19(4,5)6/h9-11H,7-8,12H2,1-6H3,(H,21,23)(H,22,24)(H,25,26). The normalized spacial score (nSPS) is 11.8. The number of carbonyl (C=O) groups is 3. The highest BCUT2D eigenvalue weighted by atomic mass is 16.4. The van der Waals surface area contributed by atoms with E-state index in [-0.39, 0.29) is 18.2 Å². The Morgan fingerprint density at radius 1 is 1.04 bits per heavy atom. The first kappa shape index (κ1) is 21.7. The first-order valence-corrected chi connectivity index (χ1v) is 8.90. The second kappa shape index (κ2) is 8.34. The van der Waals surface area contributed by atoms with Crippen molar-refractivity contribution in [1.82, 2.24) is 0 Å². The van der Waals surface area contributed by atoms with Gasteiger partial charge in [0.15, 0.2) is 0 Å². The molecule has 6 heteroatoms. The van der Waals surface area contributed by atoms with Gasteiger partial charge in [0.2, 0.25) is 11.8 Å². The summed E-state index contributed by atoms with van der Waals surface area (Å²) in [5, 5.41) is 15.1. The Morgan fingerprint density at radius 3 is 2.08 bits per heavy atom. The fourth-order valence-corrected chi connectivity index (χ4v) is 2.53. The van der Waals surface area contributed by atoms with Crippen molar-refractivity contribution in [2.24, 2.45) is 10.8 Å². The van der Waals surface area contributed by atoms with Crippen LogP contribution < -0.4 is 10.6 Å². The molecule has 0 aliphatic carbocycles. The summed E-state index contributed by atoms with van der Waals surface area (Å²) in [5.41, 5.74) is 0.435. The SMILES string of the molecule is CCC(CC)(CC(=O)Nc1ccc(C)c(NC(=O)C(C)(C)C)c1)C(=O)O. The predicted octanol–water partition coefficient (Wildman–Crippen LogP) is 4.20. The Kier molecular flexibility index (Phi) is 6.95. The third kappa shape index (κ3) is 5.31. The van der Waals surface area contributed by atoms with Crippen molar-refractivity contribution in [2.75, 3.05) is 10.6 Å². The number of rotatable bonds is 7. The quantitative estimate of drug-likeness (QED) is 0.677. The van der Waals surface area contributed by atoms with Crippen LogP contribution in [0.25, 0.3) is 0 Å². The van der Waals surface area contributed by atoms with Crippen LogP contribution >= 0.6 is 0 Å². The van der Waals surface area contributed by atoms with Crippen LogP contribution in [0.1, 0.15) is 59.4 Å². The molecule has 1 aromatic carbocycles. The highest BCUT2D eigenvalue weighted by Crippen LogP contribution is 2.32. The number of carboxylic acids is 1. The molecular weight excluding hydrogens is 332 g/mol. The van der Waals surface area contributed by atoms with E-state index in [0.29, 0.717) is 24.2 Å². The van der Waals surface area contributed by atoms with E-state index in [9.17, 15) is 19.5 Å². The van der Waals surface area contributed by atoms with E-state index in [2.05, 4.69) is 10.6 Å². The smallest absolute Gasteiger partial charge is 0.310 e. The van der Waals surface area contributed by atoms with E-state index in [1.807, 2.05) is 27.7 Å². The van der Waals surface area contributed by atoms with Crippen LogP contribution in [0.3, 0.4) is 0 Å². The number of nitrogens with one attached hydrogen (secondary N) is 2. The van der Waals surface area contributed by atoms with E-state index >= 15 is 0 Å². The van der Waals surface area contributed by atoms with Gasteiger partial charge in [-0.1, -0.05) is 40.7 Å². The molecule has 0 fully saturated rings. The van der Waals surface area contributed by atoms with Gasteiger partial charge in [-0.2, -0.15) is 0 Å². The lowest BCUT2D eigenvalue weighted by Crippen LogP contribution is -2.34. The van der Waals surface area contributed by atoms with Gasteiger partial charge < -0.3 is 15.7 Å². The minimum Gasteiger partial charge on any atom is -0.481 e. The van der Waals surface area contributed by atoms with Crippen molar-refractivity contribution in [3.05, 3.63) is 23.8 Å². The highest BCUT2D eigenvalue weighted by molar-refractivity contribution is 5.97. The molecule has 0 radical (unpaired) electrons. The van der Waals surface area contributed by atoms with Gasteiger partial charge in [-0.3, -0.25) is 14.4 Å². The number of benzene rings is 1. The van der Waals surface area contributed by atoms with E-state index in [1.165, 1.54) is 0 Å². The molecule has 0 saturated carbocycles. The van der Waals surface area contributed by atoms with Crippen LogP contribution in [0.15, 0.2) is 18.2 Å². The maximum Gasteiger partial charge on any atom is 0.310 e. The van der Waals surface area contributed by atoms with Crippen LogP contribution in [0.5, 0.6) is 0 Å². The van der Waals surface area contributed by atoms with Crippen molar-refractivity contribution < 1.29 is 19.5 Å². The number of hydrogen-bond acceptors (Lipinski definition) is 3. The molecule has 0 heterocycles. The molecule has 0 aliphatic rings. The number of amides is 2. The Balaban J connectivity index is 2.94. The number of carbonyl (C=O) groups excluding carboxylic acids is 2. The Labute approximate surface area is 155 Å². The first-order chi connectivity index (χ1) is 11.9. The second-order valence-corrected chi connectivity index (χ2v) is 7.75. The zero-order valence-corrected chi connectivity index (χ0v) is 16.5. The van der Waals surface area contributed by atoms with Crippen LogP contribution in [0, 0.1) is 17.8 Å². The Hall–Kier alpha value is -2.37. The van der Waals surface area contributed by atoms with Crippen molar-refractivity contribution in [3.8, 4) is 0 Å². The molecule has 1 rings (SSSR count). The summed E-state index contributed by atoms with van der Waals surface area (Å²) >= 11 is 0. The highest BCUT2D eigenvalue weighted by Gasteiger charge is 2.37. The number of aryl methyl sites for hydroxylation is 1. The summed E-state index contributed by atoms with van der Waals surface area (Å²) in [6.45, 7) is 10.9. The Bertz CT molecular complexity index is 686. The number of carboxylic acid groups (broad SMARTS) is 1. The van der Waals surface area contributed by atoms with Crippen LogP contribution in [-0.4, -0.2) is 22.9 Å². The molecule has 0 saturated heterocycles. The van der Waals surface area contributed by atoms with Crippen molar-refractivity contribution in [2.45, 2.75) is 60.8 Å². The summed E-state index contributed by atoms with van der Waals surface area (Å²) in [6.07, 6.45) is 0.674.